The van der Waals surface area contributed by atoms with E-state index in [-0.39, 0.29) is 24.2 Å². The average Bonchev–Trinajstić information content (AvgIpc) is 3.11. The number of rotatable bonds is 5. The van der Waals surface area contributed by atoms with E-state index in [0.717, 1.165) is 17.7 Å². The van der Waals surface area contributed by atoms with Gasteiger partial charge in [-0.15, -0.1) is 0 Å². The molecular weight excluding hydrogens is 306 g/mol. The summed E-state index contributed by atoms with van der Waals surface area (Å²) in [7, 11) is 0. The molecule has 0 spiro atoms. The molecule has 0 bridgehead atoms. The first-order valence-corrected chi connectivity index (χ1v) is 8.41. The molecule has 2 heterocycles. The maximum atomic E-state index is 12.0. The third kappa shape index (κ3) is 3.26. The molecule has 5 heteroatoms. The van der Waals surface area contributed by atoms with E-state index < -0.39 is 11.9 Å². The SMILES string of the molecule is C/C=C/C(C)(C)C[C@@H]1NC[C@H](c2ccc3c(c2)OCO3)[C@H]1C(=O)O. The van der Waals surface area contributed by atoms with E-state index in [9.17, 15) is 9.90 Å². The lowest BCUT2D eigenvalue weighted by molar-refractivity contribution is -0.142. The highest BCUT2D eigenvalue weighted by Crippen LogP contribution is 2.41. The normalized spacial score (nSPS) is 26.2. The van der Waals surface area contributed by atoms with E-state index in [0.29, 0.717) is 12.3 Å². The number of hydrogen-bond donors (Lipinski definition) is 2. The van der Waals surface area contributed by atoms with Crippen LogP contribution in [-0.4, -0.2) is 30.5 Å². The zero-order chi connectivity index (χ0) is 17.3. The second-order valence-electron chi connectivity index (χ2n) is 7.29. The summed E-state index contributed by atoms with van der Waals surface area (Å²) in [5, 5.41) is 13.3. The molecule has 1 fully saturated rings. The van der Waals surface area contributed by atoms with Crippen LogP contribution in [0.15, 0.2) is 30.4 Å². The summed E-state index contributed by atoms with van der Waals surface area (Å²) < 4.78 is 10.8. The van der Waals surface area contributed by atoms with Gasteiger partial charge in [0.25, 0.3) is 0 Å². The number of carboxylic acid groups (broad SMARTS) is 1. The molecule has 3 rings (SSSR count). The van der Waals surface area contributed by atoms with E-state index in [4.69, 9.17) is 9.47 Å². The molecule has 0 unspecified atom stereocenters. The van der Waals surface area contributed by atoms with Crippen molar-refractivity contribution in [1.29, 1.82) is 0 Å². The van der Waals surface area contributed by atoms with E-state index in [2.05, 4.69) is 25.2 Å². The number of benzene rings is 1. The summed E-state index contributed by atoms with van der Waals surface area (Å²) in [5.41, 5.74) is 0.953. The smallest absolute Gasteiger partial charge is 0.308 e. The van der Waals surface area contributed by atoms with Crippen molar-refractivity contribution < 1.29 is 19.4 Å². The first-order chi connectivity index (χ1) is 11.4. The number of carbonyl (C=O) groups is 1. The Bertz CT molecular complexity index is 653. The van der Waals surface area contributed by atoms with Crippen LogP contribution < -0.4 is 14.8 Å². The molecule has 130 valence electrons. The monoisotopic (exact) mass is 331 g/mol. The van der Waals surface area contributed by atoms with Crippen LogP contribution in [0.4, 0.5) is 0 Å². The molecule has 24 heavy (non-hydrogen) atoms. The Morgan fingerprint density at radius 2 is 2.12 bits per heavy atom. The van der Waals surface area contributed by atoms with E-state index >= 15 is 0 Å². The van der Waals surface area contributed by atoms with Gasteiger partial charge in [-0.2, -0.15) is 0 Å². The highest BCUT2D eigenvalue weighted by atomic mass is 16.7. The number of carboxylic acids is 1. The second kappa shape index (κ2) is 6.48. The minimum Gasteiger partial charge on any atom is -0.481 e. The Morgan fingerprint density at radius 1 is 1.38 bits per heavy atom. The summed E-state index contributed by atoms with van der Waals surface area (Å²) >= 11 is 0. The van der Waals surface area contributed by atoms with Gasteiger partial charge in [0.05, 0.1) is 5.92 Å². The Balaban J connectivity index is 1.83. The standard InChI is InChI=1S/C19H25NO4/c1-4-7-19(2,3)9-14-17(18(21)22)13(10-20-14)12-5-6-15-16(8-12)24-11-23-15/h4-8,13-14,17,20H,9-11H2,1-3H3,(H,21,22)/b7-4+/t13-,14+,17-/m1/s1. The van der Waals surface area contributed by atoms with Gasteiger partial charge < -0.3 is 19.9 Å². The van der Waals surface area contributed by atoms with Gasteiger partial charge in [-0.3, -0.25) is 4.79 Å². The Labute approximate surface area is 142 Å². The predicted molar refractivity (Wildman–Crippen MR) is 91.4 cm³/mol. The Kier molecular flexibility index (Phi) is 4.54. The lowest BCUT2D eigenvalue weighted by Gasteiger charge is -2.28. The summed E-state index contributed by atoms with van der Waals surface area (Å²) in [6.07, 6.45) is 4.96. The quantitative estimate of drug-likeness (QED) is 0.811. The molecule has 1 aromatic rings. The van der Waals surface area contributed by atoms with Gasteiger partial charge in [0, 0.05) is 18.5 Å². The number of fused-ring (bicyclic) bond motifs is 1. The summed E-state index contributed by atoms with van der Waals surface area (Å²) in [6, 6.07) is 5.69. The summed E-state index contributed by atoms with van der Waals surface area (Å²) in [5.74, 6) is 0.166. The number of hydrogen-bond acceptors (Lipinski definition) is 4. The summed E-state index contributed by atoms with van der Waals surface area (Å²) in [6.45, 7) is 7.16. The minimum atomic E-state index is -0.746. The number of ether oxygens (including phenoxy) is 2. The molecule has 2 N–H and O–H groups in total. The predicted octanol–water partition coefficient (Wildman–Crippen LogP) is 3.16. The van der Waals surface area contributed by atoms with Crippen LogP contribution >= 0.6 is 0 Å². The molecule has 0 amide bonds. The van der Waals surface area contributed by atoms with Crippen molar-refractivity contribution in [3.63, 3.8) is 0 Å². The fourth-order valence-electron chi connectivity index (χ4n) is 3.91. The number of aliphatic carboxylic acids is 1. The topological polar surface area (TPSA) is 67.8 Å². The van der Waals surface area contributed by atoms with E-state index in [1.807, 2.05) is 31.2 Å². The van der Waals surface area contributed by atoms with E-state index in [1.54, 1.807) is 0 Å². The molecule has 1 saturated heterocycles. The maximum absolute atomic E-state index is 12.0. The first-order valence-electron chi connectivity index (χ1n) is 8.41. The molecule has 0 aliphatic carbocycles. The van der Waals surface area contributed by atoms with Crippen LogP contribution in [0.25, 0.3) is 0 Å². The first kappa shape index (κ1) is 16.8. The van der Waals surface area contributed by atoms with Gasteiger partial charge in [-0.25, -0.2) is 0 Å². The van der Waals surface area contributed by atoms with Gasteiger partial charge in [0.2, 0.25) is 6.79 Å². The molecule has 0 aromatic heterocycles. The van der Waals surface area contributed by atoms with Crippen molar-refractivity contribution in [3.8, 4) is 11.5 Å². The van der Waals surface area contributed by atoms with Gasteiger partial charge in [0.1, 0.15) is 0 Å². The van der Waals surface area contributed by atoms with Crippen LogP contribution in [0.5, 0.6) is 11.5 Å². The molecule has 2 aliphatic heterocycles. The molecule has 0 saturated carbocycles. The van der Waals surface area contributed by atoms with Gasteiger partial charge >= 0.3 is 5.97 Å². The van der Waals surface area contributed by atoms with Crippen molar-refractivity contribution >= 4 is 5.97 Å². The largest absolute Gasteiger partial charge is 0.481 e. The van der Waals surface area contributed by atoms with Crippen molar-refractivity contribution in [3.05, 3.63) is 35.9 Å². The lowest BCUT2D eigenvalue weighted by Crippen LogP contribution is -2.36. The van der Waals surface area contributed by atoms with Crippen molar-refractivity contribution in [1.82, 2.24) is 5.32 Å². The number of allylic oxidation sites excluding steroid dienone is 2. The van der Waals surface area contributed by atoms with Crippen molar-refractivity contribution in [2.24, 2.45) is 11.3 Å². The second-order valence-corrected chi connectivity index (χ2v) is 7.29. The van der Waals surface area contributed by atoms with Crippen LogP contribution in [-0.2, 0) is 4.79 Å². The zero-order valence-electron chi connectivity index (χ0n) is 14.4. The average molecular weight is 331 g/mol. The fourth-order valence-corrected chi connectivity index (χ4v) is 3.91. The molecule has 2 aliphatic rings. The number of nitrogens with one attached hydrogen (secondary N) is 1. The molecule has 5 nitrogen and oxygen atoms in total. The van der Waals surface area contributed by atoms with Crippen LogP contribution in [0.1, 0.15) is 38.7 Å². The van der Waals surface area contributed by atoms with Crippen LogP contribution in [0.2, 0.25) is 0 Å². The molecule has 3 atom stereocenters. The minimum absolute atomic E-state index is 0.0378. The fraction of sp³-hybridized carbons (Fsp3) is 0.526. The zero-order valence-corrected chi connectivity index (χ0v) is 14.4. The van der Waals surface area contributed by atoms with Crippen molar-refractivity contribution in [2.45, 2.75) is 39.2 Å². The van der Waals surface area contributed by atoms with Gasteiger partial charge in [-0.1, -0.05) is 32.1 Å². The highest BCUT2D eigenvalue weighted by molar-refractivity contribution is 5.73. The lowest BCUT2D eigenvalue weighted by atomic mass is 9.78. The van der Waals surface area contributed by atoms with Crippen LogP contribution in [0, 0.1) is 11.3 Å². The Morgan fingerprint density at radius 3 is 2.83 bits per heavy atom. The van der Waals surface area contributed by atoms with Gasteiger partial charge in [0.15, 0.2) is 11.5 Å². The van der Waals surface area contributed by atoms with E-state index in [1.165, 1.54) is 0 Å². The van der Waals surface area contributed by atoms with Crippen LogP contribution in [0.3, 0.4) is 0 Å². The third-order valence-corrected chi connectivity index (χ3v) is 4.94. The highest BCUT2D eigenvalue weighted by Gasteiger charge is 2.43. The molecular formula is C19H25NO4. The van der Waals surface area contributed by atoms with Gasteiger partial charge in [-0.05, 0) is 36.5 Å². The maximum Gasteiger partial charge on any atom is 0.308 e. The molecule has 0 radical (unpaired) electrons. The van der Waals surface area contributed by atoms with Crippen molar-refractivity contribution in [2.75, 3.05) is 13.3 Å². The Hall–Kier alpha value is -2.01. The summed E-state index contributed by atoms with van der Waals surface area (Å²) in [4.78, 5) is 12.0. The molecule has 1 aromatic carbocycles. The third-order valence-electron chi connectivity index (χ3n) is 4.94.